The van der Waals surface area contributed by atoms with E-state index < -0.39 is 9.84 Å². The van der Waals surface area contributed by atoms with Gasteiger partial charge in [0.15, 0.2) is 9.84 Å². The highest BCUT2D eigenvalue weighted by atomic mass is 35.5. The van der Waals surface area contributed by atoms with E-state index in [-0.39, 0.29) is 34.0 Å². The van der Waals surface area contributed by atoms with E-state index in [1.54, 1.807) is 16.7 Å². The predicted octanol–water partition coefficient (Wildman–Crippen LogP) is 3.56. The number of hydrogen-bond acceptors (Lipinski definition) is 4. The molecule has 1 aliphatic heterocycles. The third kappa shape index (κ3) is 4.90. The zero-order valence-electron chi connectivity index (χ0n) is 14.2. The van der Waals surface area contributed by atoms with Gasteiger partial charge in [-0.1, -0.05) is 23.7 Å². The number of nitrogens with zero attached hydrogens (tertiary/aromatic N) is 1. The molecule has 1 saturated heterocycles. The molecule has 24 heavy (non-hydrogen) atoms. The van der Waals surface area contributed by atoms with Gasteiger partial charge in [0.25, 0.3) is 0 Å². The molecule has 0 bridgehead atoms. The normalized spacial score (nSPS) is 22.1. The molecule has 0 spiro atoms. The van der Waals surface area contributed by atoms with Crippen molar-refractivity contribution in [3.63, 3.8) is 0 Å². The van der Waals surface area contributed by atoms with E-state index in [1.807, 2.05) is 38.1 Å². The maximum absolute atomic E-state index is 12.8. The van der Waals surface area contributed by atoms with Gasteiger partial charge in [-0.2, -0.15) is 0 Å². The van der Waals surface area contributed by atoms with Crippen LogP contribution in [-0.4, -0.2) is 48.6 Å². The van der Waals surface area contributed by atoms with Gasteiger partial charge in [0, 0.05) is 22.9 Å². The lowest BCUT2D eigenvalue weighted by molar-refractivity contribution is -0.131. The van der Waals surface area contributed by atoms with Gasteiger partial charge in [0.05, 0.1) is 16.8 Å². The van der Waals surface area contributed by atoms with Crippen molar-refractivity contribution in [3.05, 3.63) is 34.9 Å². The monoisotopic (exact) mass is 389 g/mol. The summed E-state index contributed by atoms with van der Waals surface area (Å²) in [5.74, 6) is 0.298. The van der Waals surface area contributed by atoms with Gasteiger partial charge >= 0.3 is 0 Å². The Kier molecular flexibility index (Phi) is 6.62. The Morgan fingerprint density at radius 2 is 1.96 bits per heavy atom. The number of benzene rings is 1. The Bertz CT molecular complexity index is 676. The second-order valence-corrected chi connectivity index (χ2v) is 10.5. The molecular weight excluding hydrogens is 366 g/mol. The van der Waals surface area contributed by atoms with Gasteiger partial charge in [0.1, 0.15) is 0 Å². The van der Waals surface area contributed by atoms with Crippen LogP contribution in [0.2, 0.25) is 5.02 Å². The molecule has 134 valence electrons. The third-order valence-electron chi connectivity index (χ3n) is 4.37. The maximum Gasteiger partial charge on any atom is 0.235 e. The Labute approximate surface area is 153 Å². The SMILES string of the molecule is CCN(C(=O)C(C)SC(C)c1ccc(Cl)cc1)C1CCS(=O)(=O)C1. The molecule has 0 radical (unpaired) electrons. The van der Waals surface area contributed by atoms with Crippen LogP contribution in [0.25, 0.3) is 0 Å². The molecule has 0 saturated carbocycles. The third-order valence-corrected chi connectivity index (χ3v) is 7.66. The van der Waals surface area contributed by atoms with E-state index in [0.29, 0.717) is 18.0 Å². The molecule has 1 amide bonds. The minimum Gasteiger partial charge on any atom is -0.338 e. The van der Waals surface area contributed by atoms with Crippen LogP contribution >= 0.6 is 23.4 Å². The van der Waals surface area contributed by atoms with Crippen molar-refractivity contribution in [2.45, 2.75) is 43.7 Å². The van der Waals surface area contributed by atoms with Crippen LogP contribution < -0.4 is 0 Å². The summed E-state index contributed by atoms with van der Waals surface area (Å²) >= 11 is 7.50. The number of sulfone groups is 1. The molecule has 1 aromatic carbocycles. The summed E-state index contributed by atoms with van der Waals surface area (Å²) in [6, 6.07) is 7.46. The number of rotatable bonds is 6. The summed E-state index contributed by atoms with van der Waals surface area (Å²) in [6.07, 6.45) is 0.548. The summed E-state index contributed by atoms with van der Waals surface area (Å²) < 4.78 is 23.4. The van der Waals surface area contributed by atoms with Gasteiger partial charge in [0.2, 0.25) is 5.91 Å². The maximum atomic E-state index is 12.8. The summed E-state index contributed by atoms with van der Waals surface area (Å²) in [4.78, 5) is 14.5. The van der Waals surface area contributed by atoms with Crippen LogP contribution in [0, 0.1) is 0 Å². The first-order chi connectivity index (χ1) is 11.2. The fourth-order valence-corrected chi connectivity index (χ4v) is 6.06. The van der Waals surface area contributed by atoms with Gasteiger partial charge in [-0.25, -0.2) is 8.42 Å². The van der Waals surface area contributed by atoms with E-state index in [2.05, 4.69) is 6.92 Å². The average molecular weight is 390 g/mol. The second-order valence-electron chi connectivity index (χ2n) is 6.15. The average Bonchev–Trinajstić information content (AvgIpc) is 2.88. The lowest BCUT2D eigenvalue weighted by Gasteiger charge is -2.30. The van der Waals surface area contributed by atoms with Crippen molar-refractivity contribution in [2.75, 3.05) is 18.1 Å². The summed E-state index contributed by atoms with van der Waals surface area (Å²) in [7, 11) is -2.99. The van der Waals surface area contributed by atoms with Crippen molar-refractivity contribution < 1.29 is 13.2 Å². The smallest absolute Gasteiger partial charge is 0.235 e. The lowest BCUT2D eigenvalue weighted by Crippen LogP contribution is -2.44. The number of amides is 1. The predicted molar refractivity (Wildman–Crippen MR) is 101 cm³/mol. The van der Waals surface area contributed by atoms with Gasteiger partial charge in [-0.15, -0.1) is 11.8 Å². The Hall–Kier alpha value is -0.720. The Balaban J connectivity index is 2.00. The number of halogens is 1. The van der Waals surface area contributed by atoms with Crippen molar-refractivity contribution in [2.24, 2.45) is 0 Å². The van der Waals surface area contributed by atoms with Crippen molar-refractivity contribution in [1.82, 2.24) is 4.90 Å². The van der Waals surface area contributed by atoms with Crippen LogP contribution in [-0.2, 0) is 14.6 Å². The van der Waals surface area contributed by atoms with Crippen LogP contribution in [0.3, 0.4) is 0 Å². The van der Waals surface area contributed by atoms with Crippen molar-refractivity contribution in [3.8, 4) is 0 Å². The summed E-state index contributed by atoms with van der Waals surface area (Å²) in [5.41, 5.74) is 1.12. The lowest BCUT2D eigenvalue weighted by atomic mass is 10.2. The topological polar surface area (TPSA) is 54.5 Å². The quantitative estimate of drug-likeness (QED) is 0.746. The van der Waals surface area contributed by atoms with Crippen LogP contribution in [0.1, 0.15) is 38.0 Å². The molecule has 1 aliphatic rings. The molecule has 4 nitrogen and oxygen atoms in total. The minimum absolute atomic E-state index is 0.0189. The Morgan fingerprint density at radius 1 is 1.33 bits per heavy atom. The molecule has 7 heteroatoms. The largest absolute Gasteiger partial charge is 0.338 e. The first-order valence-electron chi connectivity index (χ1n) is 8.15. The highest BCUT2D eigenvalue weighted by Gasteiger charge is 2.35. The first-order valence-corrected chi connectivity index (χ1v) is 11.3. The fraction of sp³-hybridized carbons (Fsp3) is 0.588. The molecule has 0 aliphatic carbocycles. The second kappa shape index (κ2) is 8.11. The van der Waals surface area contributed by atoms with Gasteiger partial charge < -0.3 is 4.90 Å². The molecule has 1 aromatic rings. The molecule has 3 unspecified atom stereocenters. The fourth-order valence-electron chi connectivity index (χ4n) is 3.03. The molecule has 2 rings (SSSR count). The Morgan fingerprint density at radius 3 is 2.46 bits per heavy atom. The molecular formula is C17H24ClNO3S2. The molecule has 1 fully saturated rings. The summed E-state index contributed by atoms with van der Waals surface area (Å²) in [5, 5.41) is 0.630. The number of carbonyl (C=O) groups is 1. The highest BCUT2D eigenvalue weighted by Crippen LogP contribution is 2.33. The van der Waals surface area contributed by atoms with Crippen molar-refractivity contribution in [1.29, 1.82) is 0 Å². The number of hydrogen-bond donors (Lipinski definition) is 0. The van der Waals surface area contributed by atoms with Crippen LogP contribution in [0.5, 0.6) is 0 Å². The van der Waals surface area contributed by atoms with Crippen LogP contribution in [0.15, 0.2) is 24.3 Å². The standard InChI is InChI=1S/C17H24ClNO3S2/c1-4-19(16-9-10-24(21,22)11-16)17(20)13(3)23-12(2)14-5-7-15(18)8-6-14/h5-8,12-13,16H,4,9-11H2,1-3H3. The molecule has 3 atom stereocenters. The summed E-state index contributed by atoms with van der Waals surface area (Å²) in [6.45, 7) is 6.40. The van der Waals surface area contributed by atoms with Gasteiger partial charge in [-0.3, -0.25) is 4.79 Å². The van der Waals surface area contributed by atoms with Crippen molar-refractivity contribution >= 4 is 39.1 Å². The zero-order chi connectivity index (χ0) is 17.9. The van der Waals surface area contributed by atoms with E-state index in [0.717, 1.165) is 5.56 Å². The number of thioether (sulfide) groups is 1. The zero-order valence-corrected chi connectivity index (χ0v) is 16.6. The van der Waals surface area contributed by atoms with E-state index in [9.17, 15) is 13.2 Å². The van der Waals surface area contributed by atoms with E-state index in [4.69, 9.17) is 11.6 Å². The van der Waals surface area contributed by atoms with E-state index >= 15 is 0 Å². The van der Waals surface area contributed by atoms with E-state index in [1.165, 1.54) is 0 Å². The van der Waals surface area contributed by atoms with Gasteiger partial charge in [-0.05, 0) is 44.9 Å². The molecule has 1 heterocycles. The number of carbonyl (C=O) groups excluding carboxylic acids is 1. The highest BCUT2D eigenvalue weighted by molar-refractivity contribution is 8.00. The molecule has 0 aromatic heterocycles. The minimum atomic E-state index is -2.99. The molecule has 0 N–H and O–H groups in total. The first kappa shape index (κ1) is 19.6. The van der Waals surface area contributed by atoms with Crippen LogP contribution in [0.4, 0.5) is 0 Å².